The second-order valence-corrected chi connectivity index (χ2v) is 7.08. The molecule has 6 nitrogen and oxygen atoms in total. The summed E-state index contributed by atoms with van der Waals surface area (Å²) in [6.45, 7) is 2.63. The van der Waals surface area contributed by atoms with Gasteiger partial charge in [0.25, 0.3) is 5.91 Å². The second kappa shape index (κ2) is 7.84. The number of piperazine rings is 1. The topological polar surface area (TPSA) is 56.8 Å². The van der Waals surface area contributed by atoms with Gasteiger partial charge in [-0.3, -0.25) is 19.5 Å². The summed E-state index contributed by atoms with van der Waals surface area (Å²) in [5, 5.41) is 0. The molecule has 0 aromatic carbocycles. The van der Waals surface area contributed by atoms with Gasteiger partial charge in [0.15, 0.2) is 0 Å². The van der Waals surface area contributed by atoms with Crippen molar-refractivity contribution < 1.29 is 22.8 Å². The number of aryl methyl sites for hydroxylation is 1. The van der Waals surface area contributed by atoms with Crippen molar-refractivity contribution in [3.8, 4) is 0 Å². The monoisotopic (exact) mass is 384 g/mol. The lowest BCUT2D eigenvalue weighted by Gasteiger charge is -2.42. The van der Waals surface area contributed by atoms with Crippen molar-refractivity contribution in [2.45, 2.75) is 32.0 Å². The van der Waals surface area contributed by atoms with E-state index in [2.05, 4.69) is 4.98 Å². The third kappa shape index (κ3) is 4.77. The number of aromatic nitrogens is 1. The first-order chi connectivity index (χ1) is 12.7. The van der Waals surface area contributed by atoms with Crippen LogP contribution in [0.25, 0.3) is 0 Å². The molecule has 0 unspecified atom stereocenters. The molecule has 2 amide bonds. The summed E-state index contributed by atoms with van der Waals surface area (Å²) in [6, 6.07) is 2.98. The van der Waals surface area contributed by atoms with Crippen LogP contribution in [0.3, 0.4) is 0 Å². The zero-order valence-electron chi connectivity index (χ0n) is 15.2. The normalized spacial score (nSPS) is 22.2. The average molecular weight is 384 g/mol. The van der Waals surface area contributed by atoms with E-state index in [9.17, 15) is 22.8 Å². The summed E-state index contributed by atoms with van der Waals surface area (Å²) in [6.07, 6.45) is -1.64. The van der Waals surface area contributed by atoms with Crippen molar-refractivity contribution in [3.63, 3.8) is 0 Å². The van der Waals surface area contributed by atoms with Gasteiger partial charge in [-0.1, -0.05) is 6.07 Å². The maximum Gasteiger partial charge on any atom is 0.406 e. The molecular weight excluding hydrogens is 361 g/mol. The predicted molar refractivity (Wildman–Crippen MR) is 92.1 cm³/mol. The Balaban J connectivity index is 1.57. The highest BCUT2D eigenvalue weighted by Gasteiger charge is 2.40. The van der Waals surface area contributed by atoms with Crippen molar-refractivity contribution in [2.75, 3.05) is 39.3 Å². The van der Waals surface area contributed by atoms with Crippen LogP contribution >= 0.6 is 0 Å². The lowest BCUT2D eigenvalue weighted by atomic mass is 10.0. The zero-order chi connectivity index (χ0) is 19.6. The zero-order valence-corrected chi connectivity index (χ0v) is 15.2. The molecular formula is C18H23F3N4O2. The van der Waals surface area contributed by atoms with Crippen molar-refractivity contribution >= 4 is 11.8 Å². The molecule has 2 aliphatic heterocycles. The van der Waals surface area contributed by atoms with Gasteiger partial charge in [-0.05, 0) is 31.4 Å². The van der Waals surface area contributed by atoms with Crippen molar-refractivity contribution in [1.29, 1.82) is 0 Å². The second-order valence-electron chi connectivity index (χ2n) is 7.08. The number of carbonyl (C=O) groups is 2. The molecule has 0 bridgehead atoms. The molecule has 148 valence electrons. The number of amides is 2. The van der Waals surface area contributed by atoms with E-state index in [4.69, 9.17) is 0 Å². The van der Waals surface area contributed by atoms with Crippen LogP contribution in [0, 0.1) is 6.92 Å². The Morgan fingerprint density at radius 3 is 2.48 bits per heavy atom. The standard InChI is InChI=1S/C18H23F3N4O2/c1-13-4-5-14(22-11-13)16(26)24-9-7-23(8-10-24)15-3-2-6-25(17(15)27)12-18(19,20)21/h4-5,11,15H,2-3,6-10,12H2,1H3/t15-/m0/s1. The summed E-state index contributed by atoms with van der Waals surface area (Å²) in [5.74, 6) is -0.623. The van der Waals surface area contributed by atoms with Crippen LogP contribution < -0.4 is 0 Å². The van der Waals surface area contributed by atoms with Gasteiger partial charge in [-0.2, -0.15) is 13.2 Å². The predicted octanol–water partition coefficient (Wildman–Crippen LogP) is 1.70. The lowest BCUT2D eigenvalue weighted by molar-refractivity contribution is -0.168. The van der Waals surface area contributed by atoms with Gasteiger partial charge < -0.3 is 9.80 Å². The van der Waals surface area contributed by atoms with Gasteiger partial charge in [-0.15, -0.1) is 0 Å². The molecule has 3 heterocycles. The maximum absolute atomic E-state index is 12.7. The Hall–Kier alpha value is -2.16. The van der Waals surface area contributed by atoms with E-state index in [0.29, 0.717) is 44.7 Å². The van der Waals surface area contributed by atoms with Gasteiger partial charge in [-0.25, -0.2) is 0 Å². The molecule has 1 aromatic heterocycles. The van der Waals surface area contributed by atoms with E-state index in [1.165, 1.54) is 0 Å². The highest BCUT2D eigenvalue weighted by Crippen LogP contribution is 2.24. The molecule has 1 atom stereocenters. The number of pyridine rings is 1. The molecule has 2 aliphatic rings. The molecule has 1 aromatic rings. The first-order valence-corrected chi connectivity index (χ1v) is 9.06. The lowest BCUT2D eigenvalue weighted by Crippen LogP contribution is -2.59. The van der Waals surface area contributed by atoms with E-state index in [1.54, 1.807) is 17.2 Å². The van der Waals surface area contributed by atoms with Crippen LogP contribution in [-0.2, 0) is 4.79 Å². The first-order valence-electron chi connectivity index (χ1n) is 9.06. The van der Waals surface area contributed by atoms with E-state index >= 15 is 0 Å². The number of halogens is 3. The molecule has 0 radical (unpaired) electrons. The summed E-state index contributed by atoms with van der Waals surface area (Å²) >= 11 is 0. The van der Waals surface area contributed by atoms with Gasteiger partial charge in [0, 0.05) is 38.9 Å². The molecule has 2 saturated heterocycles. The van der Waals surface area contributed by atoms with Crippen molar-refractivity contribution in [1.82, 2.24) is 19.7 Å². The molecule has 27 heavy (non-hydrogen) atoms. The number of carbonyl (C=O) groups excluding carboxylic acids is 2. The van der Waals surface area contributed by atoms with E-state index in [-0.39, 0.29) is 12.5 Å². The minimum atomic E-state index is -4.39. The third-order valence-corrected chi connectivity index (χ3v) is 5.05. The number of hydrogen-bond acceptors (Lipinski definition) is 4. The van der Waals surface area contributed by atoms with E-state index < -0.39 is 24.7 Å². The Morgan fingerprint density at radius 2 is 1.89 bits per heavy atom. The first kappa shape index (κ1) is 19.6. The average Bonchev–Trinajstić information content (AvgIpc) is 2.63. The van der Waals surface area contributed by atoms with Crippen LogP contribution in [0.1, 0.15) is 28.9 Å². The van der Waals surface area contributed by atoms with Gasteiger partial charge in [0.2, 0.25) is 5.91 Å². The molecule has 0 N–H and O–H groups in total. The van der Waals surface area contributed by atoms with Crippen LogP contribution in [-0.4, -0.2) is 83.0 Å². The van der Waals surface area contributed by atoms with Crippen LogP contribution in [0.2, 0.25) is 0 Å². The van der Waals surface area contributed by atoms with E-state index in [1.807, 2.05) is 17.9 Å². The largest absolute Gasteiger partial charge is 0.406 e. The van der Waals surface area contributed by atoms with Crippen molar-refractivity contribution in [3.05, 3.63) is 29.6 Å². The summed E-state index contributed by atoms with van der Waals surface area (Å²) < 4.78 is 38.0. The molecule has 3 rings (SSSR count). The fraction of sp³-hybridized carbons (Fsp3) is 0.611. The Labute approximate surface area is 155 Å². The minimum Gasteiger partial charge on any atom is -0.335 e. The Bertz CT molecular complexity index is 685. The molecule has 0 saturated carbocycles. The molecule has 0 spiro atoms. The summed E-state index contributed by atoms with van der Waals surface area (Å²) in [5.41, 5.74) is 1.34. The minimum absolute atomic E-state index is 0.145. The Kier molecular flexibility index (Phi) is 5.69. The molecule has 2 fully saturated rings. The van der Waals surface area contributed by atoms with E-state index in [0.717, 1.165) is 10.5 Å². The number of likely N-dealkylation sites (tertiary alicyclic amines) is 1. The fourth-order valence-corrected chi connectivity index (χ4v) is 3.63. The number of hydrogen-bond donors (Lipinski definition) is 0. The maximum atomic E-state index is 12.7. The third-order valence-electron chi connectivity index (χ3n) is 5.05. The van der Waals surface area contributed by atoms with Crippen LogP contribution in [0.4, 0.5) is 13.2 Å². The quantitative estimate of drug-likeness (QED) is 0.796. The van der Waals surface area contributed by atoms with Crippen LogP contribution in [0.15, 0.2) is 18.3 Å². The Morgan fingerprint density at radius 1 is 1.19 bits per heavy atom. The molecule has 9 heteroatoms. The summed E-state index contributed by atoms with van der Waals surface area (Å²) in [4.78, 5) is 33.6. The smallest absolute Gasteiger partial charge is 0.335 e. The van der Waals surface area contributed by atoms with Gasteiger partial charge in [0.05, 0.1) is 6.04 Å². The number of alkyl halides is 3. The van der Waals surface area contributed by atoms with Crippen molar-refractivity contribution in [2.24, 2.45) is 0 Å². The number of rotatable bonds is 3. The number of piperidine rings is 1. The SMILES string of the molecule is Cc1ccc(C(=O)N2CCN([C@H]3CCCN(CC(F)(F)F)C3=O)CC2)nc1. The number of nitrogens with zero attached hydrogens (tertiary/aromatic N) is 4. The van der Waals surface area contributed by atoms with Gasteiger partial charge >= 0.3 is 6.18 Å². The highest BCUT2D eigenvalue weighted by molar-refractivity contribution is 5.92. The highest BCUT2D eigenvalue weighted by atomic mass is 19.4. The van der Waals surface area contributed by atoms with Crippen LogP contribution in [0.5, 0.6) is 0 Å². The molecule has 0 aliphatic carbocycles. The van der Waals surface area contributed by atoms with Gasteiger partial charge in [0.1, 0.15) is 12.2 Å². The summed E-state index contributed by atoms with van der Waals surface area (Å²) in [7, 11) is 0. The fourth-order valence-electron chi connectivity index (χ4n) is 3.63.